The van der Waals surface area contributed by atoms with Crippen LogP contribution in [0.15, 0.2) is 0 Å². The molecule has 1 aromatic rings. The van der Waals surface area contributed by atoms with Gasteiger partial charge in [-0.2, -0.15) is 0 Å². The van der Waals surface area contributed by atoms with Crippen LogP contribution in [0, 0.1) is 11.8 Å². The van der Waals surface area contributed by atoms with Gasteiger partial charge in [0.15, 0.2) is 0 Å². The maximum atomic E-state index is 13.4. The van der Waals surface area contributed by atoms with Gasteiger partial charge in [-0.25, -0.2) is 4.79 Å². The molecule has 0 saturated carbocycles. The van der Waals surface area contributed by atoms with Gasteiger partial charge in [0.1, 0.15) is 5.00 Å². The van der Waals surface area contributed by atoms with Gasteiger partial charge in [-0.1, -0.05) is 0 Å². The number of urea groups is 1. The molecule has 3 rings (SSSR count). The first-order chi connectivity index (χ1) is 14.4. The number of fused-ring (bicyclic) bond motifs is 2. The highest BCUT2D eigenvalue weighted by Crippen LogP contribution is 2.44. The van der Waals surface area contributed by atoms with Gasteiger partial charge in [0.2, 0.25) is 5.91 Å². The zero-order valence-electron chi connectivity index (χ0n) is 19.7. The fourth-order valence-electron chi connectivity index (χ4n) is 5.36. The molecule has 9 heteroatoms. The Morgan fingerprint density at radius 2 is 1.94 bits per heavy atom. The van der Waals surface area contributed by atoms with Crippen LogP contribution in [0.3, 0.4) is 0 Å². The number of carbonyl (C=O) groups excluding carboxylic acids is 2. The van der Waals surface area contributed by atoms with E-state index in [-0.39, 0.29) is 17.9 Å². The second-order valence-corrected chi connectivity index (χ2v) is 11.2. The van der Waals surface area contributed by atoms with Crippen molar-refractivity contribution in [3.63, 3.8) is 0 Å². The van der Waals surface area contributed by atoms with Crippen LogP contribution in [0.5, 0.6) is 0 Å². The number of likely N-dealkylation sites (tertiary alicyclic amines) is 1. The first-order valence-electron chi connectivity index (χ1n) is 11.1. The molecule has 0 radical (unpaired) electrons. The number of piperidine rings is 1. The molecule has 1 saturated heterocycles. The van der Waals surface area contributed by atoms with Gasteiger partial charge in [0, 0.05) is 36.1 Å². The van der Waals surface area contributed by atoms with E-state index in [4.69, 9.17) is 11.5 Å². The summed E-state index contributed by atoms with van der Waals surface area (Å²) in [5, 5.41) is 3.73. The van der Waals surface area contributed by atoms with Crippen LogP contribution in [-0.4, -0.2) is 79.0 Å². The van der Waals surface area contributed by atoms with Gasteiger partial charge in [0.25, 0.3) is 0 Å². The summed E-state index contributed by atoms with van der Waals surface area (Å²) in [6.07, 6.45) is 2.55. The summed E-state index contributed by atoms with van der Waals surface area (Å²) in [7, 11) is 6.02. The quantitative estimate of drug-likeness (QED) is 0.632. The zero-order valence-corrected chi connectivity index (χ0v) is 20.5. The molecular weight excluding hydrogens is 412 g/mol. The highest BCUT2D eigenvalue weighted by atomic mass is 32.1. The second-order valence-electron chi connectivity index (χ2n) is 10.0. The third-order valence-corrected chi connectivity index (χ3v) is 7.66. The lowest BCUT2D eigenvalue weighted by Gasteiger charge is -2.45. The van der Waals surface area contributed by atoms with Crippen LogP contribution >= 0.6 is 11.3 Å². The van der Waals surface area contributed by atoms with Crippen molar-refractivity contribution in [2.75, 3.05) is 52.2 Å². The minimum atomic E-state index is -0.432. The van der Waals surface area contributed by atoms with E-state index in [2.05, 4.69) is 17.3 Å². The van der Waals surface area contributed by atoms with Crippen molar-refractivity contribution in [2.24, 2.45) is 11.8 Å². The fourth-order valence-corrected chi connectivity index (χ4v) is 6.43. The van der Waals surface area contributed by atoms with E-state index >= 15 is 0 Å². The Hall–Kier alpha value is -1.84. The number of nitrogens with one attached hydrogen (secondary N) is 1. The van der Waals surface area contributed by atoms with Crippen LogP contribution in [0.25, 0.3) is 0 Å². The summed E-state index contributed by atoms with van der Waals surface area (Å²) in [6.45, 7) is 7.50. The molecule has 2 heterocycles. The molecule has 8 nitrogen and oxygen atoms in total. The second kappa shape index (κ2) is 8.96. The van der Waals surface area contributed by atoms with Gasteiger partial charge >= 0.3 is 6.03 Å². The molecule has 1 aromatic heterocycles. The molecule has 174 valence electrons. The highest BCUT2D eigenvalue weighted by molar-refractivity contribution is 7.16. The smallest absolute Gasteiger partial charge is 0.324 e. The minimum absolute atomic E-state index is 0.0884. The molecule has 5 N–H and O–H groups in total. The minimum Gasteiger partial charge on any atom is -0.396 e. The summed E-state index contributed by atoms with van der Waals surface area (Å²) in [5.74, 6) is 0.0469. The van der Waals surface area contributed by atoms with E-state index in [1.54, 1.807) is 11.3 Å². The standard InChI is InChI=1S/C22H38N6O2S/c1-7-28(21(30)25-22(2,3)12-26(4)5)20(29)14-8-13-9-15-17(31-19(24)18(15)23)10-16(13)27(6)11-14/h13-14,16H,7-12,23-24H2,1-6H3,(H,25,30)/t13-,14-,16-/m1/s1. The molecular formula is C22H38N6O2S. The Bertz CT molecular complexity index is 836. The molecule has 0 unspecified atom stereocenters. The number of likely N-dealkylation sites (N-methyl/N-ethyl adjacent to an activating group) is 2. The summed E-state index contributed by atoms with van der Waals surface area (Å²) < 4.78 is 0. The number of imide groups is 1. The number of nitrogen functional groups attached to an aromatic ring is 2. The molecule has 0 spiro atoms. The number of nitrogens with two attached hydrogens (primary N) is 2. The molecule has 3 atom stereocenters. The van der Waals surface area contributed by atoms with Gasteiger partial charge in [-0.15, -0.1) is 11.3 Å². The number of anilines is 2. The van der Waals surface area contributed by atoms with E-state index in [9.17, 15) is 9.59 Å². The third-order valence-electron chi connectivity index (χ3n) is 6.56. The molecule has 1 fully saturated rings. The van der Waals surface area contributed by atoms with E-state index in [0.717, 1.165) is 19.3 Å². The molecule has 0 aromatic carbocycles. The van der Waals surface area contributed by atoms with Crippen LogP contribution < -0.4 is 16.8 Å². The van der Waals surface area contributed by atoms with Crippen LogP contribution in [-0.2, 0) is 17.6 Å². The molecule has 1 aliphatic carbocycles. The molecule has 31 heavy (non-hydrogen) atoms. The van der Waals surface area contributed by atoms with E-state index in [1.807, 2.05) is 39.8 Å². The number of thiophene rings is 1. The van der Waals surface area contributed by atoms with Crippen molar-refractivity contribution in [3.8, 4) is 0 Å². The van der Waals surface area contributed by atoms with Crippen molar-refractivity contribution in [1.82, 2.24) is 20.0 Å². The van der Waals surface area contributed by atoms with Gasteiger partial charge in [-0.3, -0.25) is 9.69 Å². The average molecular weight is 451 g/mol. The predicted octanol–water partition coefficient (Wildman–Crippen LogP) is 1.85. The normalized spacial score (nSPS) is 23.9. The van der Waals surface area contributed by atoms with Crippen molar-refractivity contribution in [2.45, 2.75) is 51.6 Å². The van der Waals surface area contributed by atoms with Crippen LogP contribution in [0.4, 0.5) is 15.5 Å². The summed E-state index contributed by atoms with van der Waals surface area (Å²) in [6, 6.07) is 0.0711. The maximum Gasteiger partial charge on any atom is 0.324 e. The van der Waals surface area contributed by atoms with E-state index < -0.39 is 5.54 Å². The van der Waals surface area contributed by atoms with Crippen LogP contribution in [0.1, 0.15) is 37.6 Å². The van der Waals surface area contributed by atoms with Crippen molar-refractivity contribution >= 4 is 34.0 Å². The Kier molecular flexibility index (Phi) is 6.88. The van der Waals surface area contributed by atoms with Crippen molar-refractivity contribution in [1.29, 1.82) is 0 Å². The molecule has 3 amide bonds. The predicted molar refractivity (Wildman–Crippen MR) is 127 cm³/mol. The van der Waals surface area contributed by atoms with Gasteiger partial charge < -0.3 is 26.6 Å². The maximum absolute atomic E-state index is 13.4. The Balaban J connectivity index is 1.71. The number of amides is 3. The lowest BCUT2D eigenvalue weighted by molar-refractivity contribution is -0.135. The number of hydrogen-bond donors (Lipinski definition) is 3. The number of rotatable bonds is 5. The fraction of sp³-hybridized carbons (Fsp3) is 0.727. The monoisotopic (exact) mass is 450 g/mol. The Labute approximate surface area is 189 Å². The Morgan fingerprint density at radius 1 is 1.26 bits per heavy atom. The van der Waals surface area contributed by atoms with Crippen molar-refractivity contribution in [3.05, 3.63) is 10.4 Å². The summed E-state index contributed by atoms with van der Waals surface area (Å²) in [5.41, 5.74) is 13.7. The Morgan fingerprint density at radius 3 is 2.55 bits per heavy atom. The summed E-state index contributed by atoms with van der Waals surface area (Å²) in [4.78, 5) is 33.3. The first kappa shape index (κ1) is 23.8. The lowest BCUT2D eigenvalue weighted by atomic mass is 9.74. The van der Waals surface area contributed by atoms with Gasteiger partial charge in [0.05, 0.1) is 11.6 Å². The van der Waals surface area contributed by atoms with E-state index in [1.165, 1.54) is 15.3 Å². The largest absolute Gasteiger partial charge is 0.396 e. The average Bonchev–Trinajstić information content (AvgIpc) is 2.92. The molecule has 0 bridgehead atoms. The number of nitrogens with zero attached hydrogens (tertiary/aromatic N) is 3. The van der Waals surface area contributed by atoms with Crippen LogP contribution in [0.2, 0.25) is 0 Å². The molecule has 2 aliphatic rings. The van der Waals surface area contributed by atoms with Crippen molar-refractivity contribution < 1.29 is 9.59 Å². The number of hydrogen-bond acceptors (Lipinski definition) is 7. The zero-order chi connectivity index (χ0) is 23.1. The molecule has 1 aliphatic heterocycles. The third kappa shape index (κ3) is 4.99. The summed E-state index contributed by atoms with van der Waals surface area (Å²) >= 11 is 1.60. The lowest BCUT2D eigenvalue weighted by Crippen LogP contribution is -2.58. The van der Waals surface area contributed by atoms with E-state index in [0.29, 0.717) is 42.3 Å². The topological polar surface area (TPSA) is 108 Å². The highest BCUT2D eigenvalue weighted by Gasteiger charge is 2.43. The van der Waals surface area contributed by atoms with Gasteiger partial charge in [-0.05, 0) is 72.7 Å². The SMILES string of the molecule is CCN(C(=O)NC(C)(C)CN(C)C)C(=O)[C@@H]1C[C@@H]2Cc3c(sc(N)c3N)C[C@H]2N(C)C1. The number of carbonyl (C=O) groups is 2. The first-order valence-corrected chi connectivity index (χ1v) is 11.9.